The lowest BCUT2D eigenvalue weighted by Crippen LogP contribution is -2.20. The Bertz CT molecular complexity index is 1110. The van der Waals surface area contributed by atoms with E-state index < -0.39 is 5.97 Å². The number of aryl methyl sites for hydroxylation is 1. The van der Waals surface area contributed by atoms with Gasteiger partial charge in [0.1, 0.15) is 0 Å². The molecule has 7 nitrogen and oxygen atoms in total. The van der Waals surface area contributed by atoms with Gasteiger partial charge < -0.3 is 25.2 Å². The summed E-state index contributed by atoms with van der Waals surface area (Å²) in [6.45, 7) is 2.95. The van der Waals surface area contributed by atoms with Gasteiger partial charge in [-0.1, -0.05) is 45.8 Å². The third-order valence-corrected chi connectivity index (χ3v) is 5.61. The van der Waals surface area contributed by atoms with E-state index in [1.807, 2.05) is 37.3 Å². The number of anilines is 1. The molecule has 0 saturated carbocycles. The quantitative estimate of drug-likeness (QED) is 0.362. The van der Waals surface area contributed by atoms with Gasteiger partial charge in [-0.25, -0.2) is 4.79 Å². The smallest absolute Gasteiger partial charge is 0.335 e. The van der Waals surface area contributed by atoms with Crippen LogP contribution in [0, 0.1) is 6.92 Å². The Kier molecular flexibility index (Phi) is 8.46. The van der Waals surface area contributed by atoms with E-state index in [9.17, 15) is 9.59 Å². The minimum atomic E-state index is -0.944. The lowest BCUT2D eigenvalue weighted by molar-refractivity contribution is -0.118. The molecular formula is C25H25BrN2O5. The number of hydrogen-bond donors (Lipinski definition) is 3. The zero-order chi connectivity index (χ0) is 23.8. The van der Waals surface area contributed by atoms with Gasteiger partial charge in [0, 0.05) is 23.2 Å². The second kappa shape index (κ2) is 11.5. The van der Waals surface area contributed by atoms with Crippen molar-refractivity contribution in [3.63, 3.8) is 0 Å². The van der Waals surface area contributed by atoms with E-state index in [2.05, 4.69) is 26.6 Å². The highest BCUT2D eigenvalue weighted by Gasteiger charge is 2.12. The largest absolute Gasteiger partial charge is 0.493 e. The number of hydrogen-bond acceptors (Lipinski definition) is 5. The zero-order valence-corrected chi connectivity index (χ0v) is 19.9. The standard InChI is InChI=1S/C25H25BrN2O5/c1-16-3-9-20(10-4-16)28-24(29)15-33-23-12-21(26)19(11-22(23)32-2)14-27-13-17-5-7-18(8-6-17)25(30)31/h3-12,27H,13-15H2,1-2H3,(H,28,29)(H,30,31). The fourth-order valence-electron chi connectivity index (χ4n) is 3.07. The van der Waals surface area contributed by atoms with Crippen LogP contribution in [0.15, 0.2) is 65.1 Å². The molecule has 0 aliphatic carbocycles. The van der Waals surface area contributed by atoms with Crippen LogP contribution in [0.2, 0.25) is 0 Å². The molecule has 0 aromatic heterocycles. The number of carbonyl (C=O) groups is 2. The lowest BCUT2D eigenvalue weighted by Gasteiger charge is -2.14. The topological polar surface area (TPSA) is 96.9 Å². The number of ether oxygens (including phenoxy) is 2. The van der Waals surface area contributed by atoms with Crippen molar-refractivity contribution in [2.24, 2.45) is 0 Å². The lowest BCUT2D eigenvalue weighted by atomic mass is 10.1. The predicted octanol–water partition coefficient (Wildman–Crippen LogP) is 4.77. The van der Waals surface area contributed by atoms with Gasteiger partial charge in [0.25, 0.3) is 5.91 Å². The number of carbonyl (C=O) groups excluding carboxylic acids is 1. The fourth-order valence-corrected chi connectivity index (χ4v) is 3.53. The summed E-state index contributed by atoms with van der Waals surface area (Å²) in [7, 11) is 1.55. The highest BCUT2D eigenvalue weighted by atomic mass is 79.9. The summed E-state index contributed by atoms with van der Waals surface area (Å²) in [4.78, 5) is 23.2. The average molecular weight is 513 g/mol. The molecule has 3 rings (SSSR count). The van der Waals surface area contributed by atoms with Crippen molar-refractivity contribution < 1.29 is 24.2 Å². The molecule has 0 fully saturated rings. The summed E-state index contributed by atoms with van der Waals surface area (Å²) in [5.74, 6) is -0.238. The highest BCUT2D eigenvalue weighted by molar-refractivity contribution is 9.10. The summed E-state index contributed by atoms with van der Waals surface area (Å²) >= 11 is 3.55. The molecule has 0 aliphatic heterocycles. The van der Waals surface area contributed by atoms with Crippen LogP contribution in [0.25, 0.3) is 0 Å². The first-order chi connectivity index (χ1) is 15.9. The third-order valence-electron chi connectivity index (χ3n) is 4.87. The summed E-state index contributed by atoms with van der Waals surface area (Å²) in [5, 5.41) is 15.1. The monoisotopic (exact) mass is 512 g/mol. The van der Waals surface area contributed by atoms with Crippen molar-refractivity contribution in [3.8, 4) is 11.5 Å². The molecule has 0 aliphatic rings. The molecule has 0 radical (unpaired) electrons. The minimum absolute atomic E-state index is 0.152. The number of aromatic carboxylic acids is 1. The van der Waals surface area contributed by atoms with Crippen LogP contribution in [0.4, 0.5) is 5.69 Å². The molecule has 0 heterocycles. The molecule has 0 unspecified atom stereocenters. The molecule has 3 aromatic carbocycles. The molecule has 8 heteroatoms. The van der Waals surface area contributed by atoms with Gasteiger partial charge in [0.2, 0.25) is 0 Å². The van der Waals surface area contributed by atoms with Crippen LogP contribution in [0.3, 0.4) is 0 Å². The second-order valence-electron chi connectivity index (χ2n) is 7.40. The van der Waals surface area contributed by atoms with E-state index in [-0.39, 0.29) is 18.1 Å². The van der Waals surface area contributed by atoms with Crippen LogP contribution >= 0.6 is 15.9 Å². The molecule has 3 N–H and O–H groups in total. The molecule has 33 heavy (non-hydrogen) atoms. The first kappa shape index (κ1) is 24.3. The molecule has 0 saturated heterocycles. The van der Waals surface area contributed by atoms with Crippen molar-refractivity contribution in [1.82, 2.24) is 5.32 Å². The fraction of sp³-hybridized carbons (Fsp3) is 0.200. The summed E-state index contributed by atoms with van der Waals surface area (Å²) in [6, 6.07) is 17.9. The van der Waals surface area contributed by atoms with Crippen LogP contribution < -0.4 is 20.1 Å². The van der Waals surface area contributed by atoms with Gasteiger partial charge in [-0.15, -0.1) is 0 Å². The van der Waals surface area contributed by atoms with Crippen molar-refractivity contribution in [3.05, 3.63) is 87.4 Å². The molecule has 0 atom stereocenters. The maximum atomic E-state index is 12.2. The van der Waals surface area contributed by atoms with E-state index in [0.29, 0.717) is 30.3 Å². The summed E-state index contributed by atoms with van der Waals surface area (Å²) in [5.41, 5.74) is 4.01. The number of methoxy groups -OCH3 is 1. The van der Waals surface area contributed by atoms with Gasteiger partial charge >= 0.3 is 5.97 Å². The van der Waals surface area contributed by atoms with E-state index in [1.54, 1.807) is 37.4 Å². The van der Waals surface area contributed by atoms with Gasteiger partial charge in [-0.05, 0) is 54.4 Å². The first-order valence-corrected chi connectivity index (χ1v) is 11.0. The first-order valence-electron chi connectivity index (χ1n) is 10.2. The summed E-state index contributed by atoms with van der Waals surface area (Å²) < 4.78 is 11.9. The van der Waals surface area contributed by atoms with Gasteiger partial charge in [-0.2, -0.15) is 0 Å². The normalized spacial score (nSPS) is 10.5. The molecule has 1 amide bonds. The van der Waals surface area contributed by atoms with Gasteiger partial charge in [0.05, 0.1) is 12.7 Å². The number of carboxylic acids is 1. The van der Waals surface area contributed by atoms with Crippen LogP contribution in [-0.4, -0.2) is 30.7 Å². The van der Waals surface area contributed by atoms with E-state index in [1.165, 1.54) is 0 Å². The Morgan fingerprint density at radius 3 is 2.30 bits per heavy atom. The zero-order valence-electron chi connectivity index (χ0n) is 18.4. The van der Waals surface area contributed by atoms with Crippen molar-refractivity contribution in [2.75, 3.05) is 19.0 Å². The maximum Gasteiger partial charge on any atom is 0.335 e. The predicted molar refractivity (Wildman–Crippen MR) is 130 cm³/mol. The molecular weight excluding hydrogens is 488 g/mol. The number of halogens is 1. The van der Waals surface area contributed by atoms with E-state index in [0.717, 1.165) is 21.2 Å². The summed E-state index contributed by atoms with van der Waals surface area (Å²) in [6.07, 6.45) is 0. The second-order valence-corrected chi connectivity index (χ2v) is 8.26. The Hall–Kier alpha value is -3.36. The number of benzene rings is 3. The Morgan fingerprint density at radius 1 is 0.970 bits per heavy atom. The van der Waals surface area contributed by atoms with Crippen LogP contribution in [-0.2, 0) is 17.9 Å². The molecule has 0 bridgehead atoms. The van der Waals surface area contributed by atoms with Crippen LogP contribution in [0.1, 0.15) is 27.0 Å². The Balaban J connectivity index is 1.56. The highest BCUT2D eigenvalue weighted by Crippen LogP contribution is 2.33. The Labute approximate surface area is 200 Å². The van der Waals surface area contributed by atoms with Gasteiger partial charge in [-0.3, -0.25) is 4.79 Å². The van der Waals surface area contributed by atoms with Crippen molar-refractivity contribution in [1.29, 1.82) is 0 Å². The van der Waals surface area contributed by atoms with Gasteiger partial charge in [0.15, 0.2) is 18.1 Å². The molecule has 0 spiro atoms. The SMILES string of the molecule is COc1cc(CNCc2ccc(C(=O)O)cc2)c(Br)cc1OCC(=O)Nc1ccc(C)cc1. The molecule has 3 aromatic rings. The Morgan fingerprint density at radius 2 is 1.67 bits per heavy atom. The maximum absolute atomic E-state index is 12.2. The molecule has 172 valence electrons. The van der Waals surface area contributed by atoms with Crippen molar-refractivity contribution >= 4 is 33.5 Å². The van der Waals surface area contributed by atoms with E-state index >= 15 is 0 Å². The van der Waals surface area contributed by atoms with Crippen LogP contribution in [0.5, 0.6) is 11.5 Å². The number of nitrogens with one attached hydrogen (secondary N) is 2. The number of carboxylic acid groups (broad SMARTS) is 1. The number of rotatable bonds is 10. The van der Waals surface area contributed by atoms with Crippen molar-refractivity contribution in [2.45, 2.75) is 20.0 Å². The number of amides is 1. The van der Waals surface area contributed by atoms with E-state index in [4.69, 9.17) is 14.6 Å². The minimum Gasteiger partial charge on any atom is -0.493 e. The average Bonchev–Trinajstić information content (AvgIpc) is 2.80. The third kappa shape index (κ3) is 7.06.